The maximum absolute atomic E-state index is 15.8. The number of amides is 3. The number of anilines is 2. The number of aliphatic hydroxyl groups excluding tert-OH is 2. The quantitative estimate of drug-likeness (QED) is 0.0443. The fraction of sp³-hybridized carbons (Fsp3) is 0.418. The van der Waals surface area contributed by atoms with E-state index in [-0.39, 0.29) is 50.4 Å². The van der Waals surface area contributed by atoms with Crippen LogP contribution in [0.25, 0.3) is 32.6 Å². The van der Waals surface area contributed by atoms with Crippen molar-refractivity contribution < 1.29 is 55.7 Å². The average molecular weight is 1130 g/mol. The summed E-state index contributed by atoms with van der Waals surface area (Å²) in [5.41, 5.74) is 4.46. The molecule has 3 saturated heterocycles. The summed E-state index contributed by atoms with van der Waals surface area (Å²) in [6.45, 7) is 9.64. The van der Waals surface area contributed by atoms with Gasteiger partial charge in [0.05, 0.1) is 52.7 Å². The zero-order valence-electron chi connectivity index (χ0n) is 44.0. The molecule has 3 aliphatic heterocycles. The number of thiazole rings is 1. The Balaban J connectivity index is 0.743. The molecule has 24 heteroatoms. The predicted molar refractivity (Wildman–Crippen MR) is 292 cm³/mol. The van der Waals surface area contributed by atoms with E-state index in [0.29, 0.717) is 49.2 Å². The van der Waals surface area contributed by atoms with Gasteiger partial charge in [0.15, 0.2) is 5.82 Å². The number of ketones is 1. The van der Waals surface area contributed by atoms with Crippen LogP contribution in [-0.4, -0.2) is 168 Å². The number of H-pyrrole nitrogens is 1. The molecule has 9 rings (SSSR count). The van der Waals surface area contributed by atoms with Crippen molar-refractivity contribution in [2.24, 2.45) is 5.41 Å². The average Bonchev–Trinajstić information content (AvgIpc) is 4.38. The predicted octanol–water partition coefficient (Wildman–Crippen LogP) is 5.35. The van der Waals surface area contributed by atoms with Crippen LogP contribution in [-0.2, 0) is 29.3 Å². The van der Waals surface area contributed by atoms with Gasteiger partial charge in [0.25, 0.3) is 0 Å². The number of alkyl halides is 1. The summed E-state index contributed by atoms with van der Waals surface area (Å²) < 4.78 is 79.1. The molecule has 0 saturated carbocycles. The summed E-state index contributed by atoms with van der Waals surface area (Å²) in [6, 6.07) is 15.7. The molecule has 0 aliphatic carbocycles. The number of pyridine rings is 1. The lowest BCUT2D eigenvalue weighted by Gasteiger charge is -2.36. The van der Waals surface area contributed by atoms with E-state index < -0.39 is 106 Å². The number of nitrogens with one attached hydrogen (secondary N) is 4. The molecular weight excluding hydrogens is 1070 g/mol. The van der Waals surface area contributed by atoms with Crippen LogP contribution in [0.3, 0.4) is 0 Å². The Bertz CT molecular complexity index is 3310. The molecule has 6 N–H and O–H groups in total. The normalized spacial score (nSPS) is 19.2. The molecule has 0 unspecified atom stereocenters. The number of aliphatic hydroxyl groups is 2. The molecule has 5 atom stereocenters. The van der Waals surface area contributed by atoms with E-state index in [1.165, 1.54) is 22.4 Å². The second kappa shape index (κ2) is 23.9. The van der Waals surface area contributed by atoms with Crippen molar-refractivity contribution in [3.05, 3.63) is 119 Å². The third-order valence-electron chi connectivity index (χ3n) is 14.6. The van der Waals surface area contributed by atoms with Crippen LogP contribution in [0.5, 0.6) is 0 Å². The number of β-amino-alcohol motifs (C(OH)–C–C–N with tert-alkyl or cyclic N) is 1. The van der Waals surface area contributed by atoms with Gasteiger partial charge < -0.3 is 40.4 Å². The lowest BCUT2D eigenvalue weighted by atomic mass is 9.85. The maximum atomic E-state index is 15.8. The van der Waals surface area contributed by atoms with E-state index in [1.807, 2.05) is 60.2 Å². The summed E-state index contributed by atoms with van der Waals surface area (Å²) >= 11 is 1.52. The van der Waals surface area contributed by atoms with Crippen molar-refractivity contribution >= 4 is 67.5 Å². The number of piperazine rings is 1. The topological polar surface area (TPSA) is 243 Å². The SMILES string of the molecule is Cc1ncsc1-c1ccc([C@H](CO)NC(=O)[C@@H]2C[C@@H](O)CN2C(=O)[C@@H](NC(=O)COCCN2CCN(c3ccc(-c4cnc5[nH]cc(C(=O)c6c(F)ccc(NS(=O)(=O)N7CC[C@@H](F)C7)c6F)c5c4)cc3)CC2)C(C)(C)C)cc1. The van der Waals surface area contributed by atoms with Crippen LogP contribution in [0.1, 0.15) is 66.8 Å². The number of nitrogens with zero attached hydrogens (tertiary/aromatic N) is 6. The smallest absolute Gasteiger partial charge is 0.301 e. The number of rotatable bonds is 19. The van der Waals surface area contributed by atoms with E-state index in [2.05, 4.69) is 35.4 Å². The van der Waals surface area contributed by atoms with Gasteiger partial charge in [-0.1, -0.05) is 57.2 Å². The summed E-state index contributed by atoms with van der Waals surface area (Å²) in [5.74, 6) is -5.20. The van der Waals surface area contributed by atoms with Crippen molar-refractivity contribution in [1.29, 1.82) is 0 Å². The fourth-order valence-corrected chi connectivity index (χ4v) is 12.2. The Morgan fingerprint density at radius 1 is 0.924 bits per heavy atom. The summed E-state index contributed by atoms with van der Waals surface area (Å²) in [6.07, 6.45) is 0.531. The van der Waals surface area contributed by atoms with Crippen molar-refractivity contribution in [3.63, 3.8) is 0 Å². The number of likely N-dealkylation sites (tertiary alicyclic amines) is 1. The van der Waals surface area contributed by atoms with E-state index in [1.54, 1.807) is 38.5 Å². The van der Waals surface area contributed by atoms with E-state index in [9.17, 15) is 42.2 Å². The minimum absolute atomic E-state index is 0.00838. The van der Waals surface area contributed by atoms with Gasteiger partial charge in [-0.15, -0.1) is 11.3 Å². The van der Waals surface area contributed by atoms with E-state index in [0.717, 1.165) is 43.8 Å². The summed E-state index contributed by atoms with van der Waals surface area (Å²) in [4.78, 5) is 73.4. The standard InChI is InChI=1S/C55H63F3N10O9S2/c1-32-50(78-31-61-32)35-7-5-34(6-8-35)44(29-69)62-53(73)45-24-39(70)28-68(45)54(74)51(55(2,3)4)63-46(71)30-77-22-21-65-17-19-66(20-18-65)38-11-9-33(10-12-38)36-23-40-41(26-60-52(40)59-25-36)49(72)47-42(57)13-14-43(48(47)58)64-79(75,76)67-16-15-37(56)27-67/h5-14,23,25-26,31,37,39,44-45,51,64,69-70H,15-22,24,27-30H2,1-4H3,(H,59,60)(H,62,73)(H,63,71)/t37-,39-,44+,45+,51-/m1/s1. The molecular formula is C55H63F3N10O9S2. The number of hydrogen-bond acceptors (Lipinski definition) is 14. The van der Waals surface area contributed by atoms with Gasteiger partial charge in [0.1, 0.15) is 36.3 Å². The van der Waals surface area contributed by atoms with Gasteiger partial charge in [-0.2, -0.15) is 12.7 Å². The Kier molecular flexibility index (Phi) is 17.2. The zero-order chi connectivity index (χ0) is 56.3. The Morgan fingerprint density at radius 2 is 1.65 bits per heavy atom. The largest absolute Gasteiger partial charge is 0.394 e. The molecule has 6 heterocycles. The number of halogens is 3. The van der Waals surface area contributed by atoms with Gasteiger partial charge in [0.2, 0.25) is 23.5 Å². The first-order valence-corrected chi connectivity index (χ1v) is 28.3. The number of aromatic amines is 1. The molecule has 3 fully saturated rings. The van der Waals surface area contributed by atoms with Crippen LogP contribution < -0.4 is 20.3 Å². The first-order valence-electron chi connectivity index (χ1n) is 26.0. The molecule has 19 nitrogen and oxygen atoms in total. The molecule has 3 amide bonds. The van der Waals surface area contributed by atoms with Gasteiger partial charge in [-0.3, -0.25) is 28.8 Å². The van der Waals surface area contributed by atoms with Crippen LogP contribution in [0.4, 0.5) is 24.5 Å². The lowest BCUT2D eigenvalue weighted by molar-refractivity contribution is -0.144. The first kappa shape index (κ1) is 56.9. The van der Waals surface area contributed by atoms with Crippen LogP contribution in [0.15, 0.2) is 84.6 Å². The molecule has 0 bridgehead atoms. The molecule has 420 valence electrons. The van der Waals surface area contributed by atoms with Crippen LogP contribution >= 0.6 is 11.3 Å². The van der Waals surface area contributed by atoms with Gasteiger partial charge in [-0.05, 0) is 65.8 Å². The minimum Gasteiger partial charge on any atom is -0.394 e. The highest BCUT2D eigenvalue weighted by atomic mass is 32.2. The number of carbonyl (C=O) groups excluding carboxylic acids is 4. The second-order valence-electron chi connectivity index (χ2n) is 21.1. The molecule has 6 aromatic rings. The summed E-state index contributed by atoms with van der Waals surface area (Å²) in [5, 5.41) is 27.0. The third-order valence-corrected chi connectivity index (χ3v) is 17.1. The van der Waals surface area contributed by atoms with E-state index >= 15 is 8.78 Å². The first-order chi connectivity index (χ1) is 37.7. The van der Waals surface area contributed by atoms with Crippen molar-refractivity contribution in [3.8, 4) is 21.6 Å². The second-order valence-corrected chi connectivity index (χ2v) is 23.6. The fourth-order valence-electron chi connectivity index (χ4n) is 10.2. The molecule has 3 aliphatic rings. The van der Waals surface area contributed by atoms with Crippen molar-refractivity contribution in [2.45, 2.75) is 70.9 Å². The highest BCUT2D eigenvalue weighted by Crippen LogP contribution is 2.33. The van der Waals surface area contributed by atoms with Crippen molar-refractivity contribution in [2.75, 3.05) is 81.8 Å². The molecule has 79 heavy (non-hydrogen) atoms. The minimum atomic E-state index is -4.38. The van der Waals surface area contributed by atoms with Crippen LogP contribution in [0, 0.1) is 24.0 Å². The molecule has 0 radical (unpaired) electrons. The maximum Gasteiger partial charge on any atom is 0.301 e. The number of benzene rings is 3. The molecule has 0 spiro atoms. The Hall–Kier alpha value is -6.80. The van der Waals surface area contributed by atoms with Crippen LogP contribution in [0.2, 0.25) is 0 Å². The number of hydrogen-bond donors (Lipinski definition) is 6. The van der Waals surface area contributed by atoms with E-state index in [4.69, 9.17) is 4.74 Å². The number of fused-ring (bicyclic) bond motifs is 1. The Labute approximate surface area is 459 Å². The third kappa shape index (κ3) is 12.8. The molecule has 3 aromatic heterocycles. The Morgan fingerprint density at radius 3 is 2.30 bits per heavy atom. The molecule has 3 aromatic carbocycles. The van der Waals surface area contributed by atoms with Gasteiger partial charge >= 0.3 is 10.2 Å². The highest BCUT2D eigenvalue weighted by Gasteiger charge is 2.45. The highest BCUT2D eigenvalue weighted by molar-refractivity contribution is 7.90. The number of carbonyl (C=O) groups is 4. The number of aryl methyl sites for hydroxylation is 1. The number of aromatic nitrogens is 3. The summed E-state index contributed by atoms with van der Waals surface area (Å²) in [7, 11) is -4.38. The van der Waals surface area contributed by atoms with Gasteiger partial charge in [0, 0.05) is 93.4 Å². The lowest BCUT2D eigenvalue weighted by Crippen LogP contribution is -2.58. The monoisotopic (exact) mass is 1130 g/mol. The number of ether oxygens (including phenoxy) is 1. The van der Waals surface area contributed by atoms with Gasteiger partial charge in [-0.25, -0.2) is 23.1 Å². The zero-order valence-corrected chi connectivity index (χ0v) is 45.7. The van der Waals surface area contributed by atoms with Crippen molar-refractivity contribution in [1.82, 2.24) is 39.7 Å².